The fourth-order valence-electron chi connectivity index (χ4n) is 3.42. The molecule has 0 aliphatic carbocycles. The number of hydrogen-bond acceptors (Lipinski definition) is 4. The Morgan fingerprint density at radius 3 is 2.46 bits per heavy atom. The molecule has 0 radical (unpaired) electrons. The van der Waals surface area contributed by atoms with Gasteiger partial charge in [0.25, 0.3) is 5.56 Å². The number of carbonyl (C=O) groups is 1. The van der Waals surface area contributed by atoms with Crippen LogP contribution >= 0.6 is 0 Å². The van der Waals surface area contributed by atoms with Gasteiger partial charge in [-0.3, -0.25) is 9.59 Å². The lowest BCUT2D eigenvalue weighted by Crippen LogP contribution is -2.38. The van der Waals surface area contributed by atoms with Crippen molar-refractivity contribution >= 4 is 16.8 Å². The lowest BCUT2D eigenvalue weighted by atomic mass is 10.1. The summed E-state index contributed by atoms with van der Waals surface area (Å²) < 4.78 is 2.95. The highest BCUT2D eigenvalue weighted by Gasteiger charge is 2.21. The minimum absolute atomic E-state index is 0.0743. The Morgan fingerprint density at radius 1 is 1.18 bits per heavy atom. The van der Waals surface area contributed by atoms with Crippen molar-refractivity contribution in [3.8, 4) is 5.69 Å². The first-order valence-electron chi connectivity index (χ1n) is 9.71. The molecule has 7 heteroatoms. The normalized spacial score (nSPS) is 11.4. The number of hydrogen-bond donors (Lipinski definition) is 0. The van der Waals surface area contributed by atoms with Crippen molar-refractivity contribution in [2.24, 2.45) is 0 Å². The van der Waals surface area contributed by atoms with E-state index in [0.717, 1.165) is 22.3 Å². The fourth-order valence-corrected chi connectivity index (χ4v) is 3.42. The second-order valence-corrected chi connectivity index (χ2v) is 7.17. The largest absolute Gasteiger partial charge is 0.342 e. The van der Waals surface area contributed by atoms with E-state index in [1.165, 1.54) is 4.68 Å². The number of rotatable bonds is 6. The number of carbonyl (C=O) groups excluding carboxylic acids is 1. The Balaban J connectivity index is 2.23. The summed E-state index contributed by atoms with van der Waals surface area (Å²) in [5.41, 5.74) is 2.78. The zero-order valence-electron chi connectivity index (χ0n) is 17.1. The second kappa shape index (κ2) is 7.96. The highest BCUT2D eigenvalue weighted by atomic mass is 16.2. The molecule has 2 aromatic heterocycles. The van der Waals surface area contributed by atoms with Crippen LogP contribution in [0.2, 0.25) is 0 Å². The van der Waals surface area contributed by atoms with E-state index in [1.807, 2.05) is 58.9 Å². The van der Waals surface area contributed by atoms with Crippen molar-refractivity contribution in [3.63, 3.8) is 0 Å². The SMILES string of the molecule is CCN(CC)C(=O)Cn1nc(C(C)C)c2cnn(-c3ccccc3C)c2c1=O. The van der Waals surface area contributed by atoms with Crippen LogP contribution in [0.25, 0.3) is 16.6 Å². The zero-order chi connectivity index (χ0) is 20.4. The van der Waals surface area contributed by atoms with Gasteiger partial charge in [0.15, 0.2) is 0 Å². The zero-order valence-corrected chi connectivity index (χ0v) is 17.1. The lowest BCUT2D eigenvalue weighted by Gasteiger charge is -2.19. The summed E-state index contributed by atoms with van der Waals surface area (Å²) in [5.74, 6) is -0.0250. The maximum Gasteiger partial charge on any atom is 0.293 e. The van der Waals surface area contributed by atoms with E-state index in [-0.39, 0.29) is 23.9 Å². The predicted octanol–water partition coefficient (Wildman–Crippen LogP) is 2.88. The van der Waals surface area contributed by atoms with Crippen LogP contribution in [0.4, 0.5) is 0 Å². The molecule has 1 aromatic carbocycles. The molecule has 1 amide bonds. The Labute approximate surface area is 164 Å². The summed E-state index contributed by atoms with van der Waals surface area (Å²) in [4.78, 5) is 27.6. The first-order valence-corrected chi connectivity index (χ1v) is 9.71. The molecule has 0 saturated heterocycles. The van der Waals surface area contributed by atoms with Gasteiger partial charge < -0.3 is 4.90 Å². The Kier molecular flexibility index (Phi) is 5.63. The van der Waals surface area contributed by atoms with Gasteiger partial charge in [-0.1, -0.05) is 32.0 Å². The molecule has 0 unspecified atom stereocenters. The van der Waals surface area contributed by atoms with Gasteiger partial charge in [0, 0.05) is 18.5 Å². The van der Waals surface area contributed by atoms with Crippen LogP contribution in [-0.4, -0.2) is 43.5 Å². The Morgan fingerprint density at radius 2 is 1.86 bits per heavy atom. The van der Waals surface area contributed by atoms with Crippen molar-refractivity contribution < 1.29 is 4.79 Å². The minimum atomic E-state index is -0.305. The Bertz CT molecular complexity index is 1060. The van der Waals surface area contributed by atoms with Crippen LogP contribution in [0.3, 0.4) is 0 Å². The third kappa shape index (κ3) is 3.44. The average molecular weight is 381 g/mol. The molecular formula is C21H27N5O2. The van der Waals surface area contributed by atoms with Crippen molar-refractivity contribution in [2.45, 2.75) is 47.1 Å². The van der Waals surface area contributed by atoms with Crippen LogP contribution in [0.5, 0.6) is 0 Å². The van der Waals surface area contributed by atoms with E-state index >= 15 is 0 Å². The summed E-state index contributed by atoms with van der Waals surface area (Å²) >= 11 is 0. The number of amides is 1. The van der Waals surface area contributed by atoms with Crippen molar-refractivity contribution in [1.82, 2.24) is 24.5 Å². The third-order valence-corrected chi connectivity index (χ3v) is 5.00. The van der Waals surface area contributed by atoms with E-state index in [2.05, 4.69) is 10.2 Å². The maximum absolute atomic E-state index is 13.3. The molecule has 0 fully saturated rings. The van der Waals surface area contributed by atoms with Crippen molar-refractivity contribution in [1.29, 1.82) is 0 Å². The van der Waals surface area contributed by atoms with Crippen LogP contribution in [0.15, 0.2) is 35.3 Å². The molecular weight excluding hydrogens is 354 g/mol. The number of likely N-dealkylation sites (N-methyl/N-ethyl adjacent to an activating group) is 1. The first kappa shape index (κ1) is 19.8. The molecule has 0 aliphatic heterocycles. The van der Waals surface area contributed by atoms with Crippen LogP contribution in [0.1, 0.15) is 44.9 Å². The molecule has 3 aromatic rings. The van der Waals surface area contributed by atoms with E-state index < -0.39 is 0 Å². The molecule has 0 atom stereocenters. The van der Waals surface area contributed by atoms with Crippen LogP contribution in [0, 0.1) is 6.92 Å². The number of aromatic nitrogens is 4. The average Bonchev–Trinajstić information content (AvgIpc) is 3.10. The number of fused-ring (bicyclic) bond motifs is 1. The third-order valence-electron chi connectivity index (χ3n) is 5.00. The molecule has 28 heavy (non-hydrogen) atoms. The molecule has 7 nitrogen and oxygen atoms in total. The summed E-state index contributed by atoms with van der Waals surface area (Å²) in [6.07, 6.45) is 1.70. The quantitative estimate of drug-likeness (QED) is 0.658. The summed E-state index contributed by atoms with van der Waals surface area (Å²) in [5, 5.41) is 9.74. The van der Waals surface area contributed by atoms with Gasteiger partial charge in [0.05, 0.1) is 17.6 Å². The van der Waals surface area contributed by atoms with Gasteiger partial charge in [-0.15, -0.1) is 0 Å². The topological polar surface area (TPSA) is 73.0 Å². The maximum atomic E-state index is 13.3. The predicted molar refractivity (Wildman–Crippen MR) is 110 cm³/mol. The number of aryl methyl sites for hydroxylation is 1. The molecule has 0 bridgehead atoms. The molecule has 0 saturated carbocycles. The van der Waals surface area contributed by atoms with Gasteiger partial charge in [-0.05, 0) is 38.3 Å². The van der Waals surface area contributed by atoms with E-state index in [0.29, 0.717) is 18.6 Å². The summed E-state index contributed by atoms with van der Waals surface area (Å²) in [6, 6.07) is 7.79. The second-order valence-electron chi connectivity index (χ2n) is 7.17. The molecule has 2 heterocycles. The summed E-state index contributed by atoms with van der Waals surface area (Å²) in [7, 11) is 0. The van der Waals surface area contributed by atoms with E-state index in [1.54, 1.807) is 15.8 Å². The number of nitrogens with zero attached hydrogens (tertiary/aromatic N) is 5. The summed E-state index contributed by atoms with van der Waals surface area (Å²) in [6.45, 7) is 11.0. The van der Waals surface area contributed by atoms with Gasteiger partial charge in [0.1, 0.15) is 12.1 Å². The standard InChI is InChI=1S/C21H27N5O2/c1-6-24(7-2)18(27)13-25-21(28)20-16(19(23-25)14(3)4)12-22-26(20)17-11-9-8-10-15(17)5/h8-12,14H,6-7,13H2,1-5H3. The molecule has 0 spiro atoms. The molecule has 148 valence electrons. The van der Waals surface area contributed by atoms with Gasteiger partial charge in [-0.25, -0.2) is 9.36 Å². The Hall–Kier alpha value is -2.96. The fraction of sp³-hybridized carbons (Fsp3) is 0.429. The van der Waals surface area contributed by atoms with E-state index in [9.17, 15) is 9.59 Å². The van der Waals surface area contributed by atoms with E-state index in [4.69, 9.17) is 0 Å². The van der Waals surface area contributed by atoms with Crippen molar-refractivity contribution in [2.75, 3.05) is 13.1 Å². The smallest absolute Gasteiger partial charge is 0.293 e. The number of benzene rings is 1. The highest BCUT2D eigenvalue weighted by molar-refractivity contribution is 5.83. The molecule has 0 N–H and O–H groups in total. The van der Waals surface area contributed by atoms with Gasteiger partial charge in [0.2, 0.25) is 5.91 Å². The molecule has 3 rings (SSSR count). The number of para-hydroxylation sites is 1. The first-order chi connectivity index (χ1) is 13.4. The molecule has 0 aliphatic rings. The highest BCUT2D eigenvalue weighted by Crippen LogP contribution is 2.24. The van der Waals surface area contributed by atoms with Crippen LogP contribution < -0.4 is 5.56 Å². The van der Waals surface area contributed by atoms with Gasteiger partial charge >= 0.3 is 0 Å². The lowest BCUT2D eigenvalue weighted by molar-refractivity contribution is -0.131. The van der Waals surface area contributed by atoms with Crippen molar-refractivity contribution in [3.05, 3.63) is 52.1 Å². The van der Waals surface area contributed by atoms with Gasteiger partial charge in [-0.2, -0.15) is 10.2 Å². The van der Waals surface area contributed by atoms with Crippen LogP contribution in [-0.2, 0) is 11.3 Å². The minimum Gasteiger partial charge on any atom is -0.342 e. The monoisotopic (exact) mass is 381 g/mol.